The van der Waals surface area contributed by atoms with Crippen molar-refractivity contribution in [3.63, 3.8) is 0 Å². The Balaban J connectivity index is 2.26. The van der Waals surface area contributed by atoms with E-state index in [0.29, 0.717) is 11.4 Å². The minimum absolute atomic E-state index is 0.0916. The number of nitrogens with one attached hydrogen (secondary N) is 1. The van der Waals surface area contributed by atoms with Gasteiger partial charge in [0.05, 0.1) is 24.0 Å². The molecule has 0 atom stereocenters. The largest absolute Gasteiger partial charge is 0.494 e. The molecule has 0 aromatic heterocycles. The standard InChI is InChI=1S/C14H13FN2O3/c1-20-13-5-3-9(7-10(13)15)17-12-4-2-8(14(18)19)6-11(12)16/h2-7,17H,16H2,1H3,(H,18,19). The first-order valence-corrected chi connectivity index (χ1v) is 5.74. The second-order valence-electron chi connectivity index (χ2n) is 4.08. The van der Waals surface area contributed by atoms with Crippen molar-refractivity contribution in [3.8, 4) is 5.75 Å². The van der Waals surface area contributed by atoms with Crippen molar-refractivity contribution in [2.24, 2.45) is 0 Å². The number of hydrogen-bond acceptors (Lipinski definition) is 4. The van der Waals surface area contributed by atoms with Crippen molar-refractivity contribution >= 4 is 23.0 Å². The maximum absolute atomic E-state index is 13.5. The minimum Gasteiger partial charge on any atom is -0.494 e. The van der Waals surface area contributed by atoms with E-state index < -0.39 is 11.8 Å². The highest BCUT2D eigenvalue weighted by Gasteiger charge is 2.08. The maximum atomic E-state index is 13.5. The van der Waals surface area contributed by atoms with Gasteiger partial charge in [-0.15, -0.1) is 0 Å². The lowest BCUT2D eigenvalue weighted by atomic mass is 10.1. The number of anilines is 3. The molecule has 2 rings (SSSR count). The summed E-state index contributed by atoms with van der Waals surface area (Å²) in [6.45, 7) is 0. The van der Waals surface area contributed by atoms with Gasteiger partial charge in [-0.25, -0.2) is 9.18 Å². The van der Waals surface area contributed by atoms with Crippen LogP contribution in [0.5, 0.6) is 5.75 Å². The molecular weight excluding hydrogens is 263 g/mol. The first-order chi connectivity index (χ1) is 9.51. The molecule has 0 bridgehead atoms. The third-order valence-corrected chi connectivity index (χ3v) is 2.73. The van der Waals surface area contributed by atoms with Crippen LogP contribution in [0, 0.1) is 5.82 Å². The molecule has 0 aliphatic rings. The van der Waals surface area contributed by atoms with E-state index in [-0.39, 0.29) is 17.0 Å². The van der Waals surface area contributed by atoms with E-state index >= 15 is 0 Å². The van der Waals surface area contributed by atoms with Crippen molar-refractivity contribution in [2.45, 2.75) is 0 Å². The molecule has 0 spiro atoms. The Labute approximate surface area is 114 Å². The molecule has 0 saturated carbocycles. The average molecular weight is 276 g/mol. The fourth-order valence-corrected chi connectivity index (χ4v) is 1.71. The van der Waals surface area contributed by atoms with E-state index in [4.69, 9.17) is 15.6 Å². The summed E-state index contributed by atoms with van der Waals surface area (Å²) in [7, 11) is 1.38. The van der Waals surface area contributed by atoms with Crippen LogP contribution in [-0.2, 0) is 0 Å². The third-order valence-electron chi connectivity index (χ3n) is 2.73. The third kappa shape index (κ3) is 2.80. The highest BCUT2D eigenvalue weighted by Crippen LogP contribution is 2.27. The zero-order chi connectivity index (χ0) is 14.7. The molecule has 0 unspecified atom stereocenters. The van der Waals surface area contributed by atoms with Gasteiger partial charge in [-0.3, -0.25) is 0 Å². The Kier molecular flexibility index (Phi) is 3.74. The number of methoxy groups -OCH3 is 1. The van der Waals surface area contributed by atoms with Gasteiger partial charge in [-0.1, -0.05) is 0 Å². The van der Waals surface area contributed by atoms with E-state index in [2.05, 4.69) is 5.32 Å². The van der Waals surface area contributed by atoms with Crippen LogP contribution in [0.25, 0.3) is 0 Å². The molecule has 2 aromatic carbocycles. The predicted octanol–water partition coefficient (Wildman–Crippen LogP) is 2.86. The van der Waals surface area contributed by atoms with Gasteiger partial charge < -0.3 is 20.9 Å². The van der Waals surface area contributed by atoms with Crippen LogP contribution < -0.4 is 15.8 Å². The van der Waals surface area contributed by atoms with E-state index in [1.54, 1.807) is 6.07 Å². The van der Waals surface area contributed by atoms with Crippen LogP contribution >= 0.6 is 0 Å². The fourth-order valence-electron chi connectivity index (χ4n) is 1.71. The molecule has 104 valence electrons. The fraction of sp³-hybridized carbons (Fsp3) is 0.0714. The molecule has 0 saturated heterocycles. The van der Waals surface area contributed by atoms with Gasteiger partial charge >= 0.3 is 5.97 Å². The summed E-state index contributed by atoms with van der Waals surface area (Å²) in [5.74, 6) is -1.42. The van der Waals surface area contributed by atoms with E-state index in [1.165, 1.54) is 37.4 Å². The number of aromatic carboxylic acids is 1. The number of halogens is 1. The van der Waals surface area contributed by atoms with Crippen LogP contribution in [-0.4, -0.2) is 18.2 Å². The number of carboxylic acids is 1. The minimum atomic E-state index is -1.06. The average Bonchev–Trinajstić information content (AvgIpc) is 2.41. The van der Waals surface area contributed by atoms with Gasteiger partial charge in [0, 0.05) is 11.8 Å². The number of rotatable bonds is 4. The van der Waals surface area contributed by atoms with Crippen LogP contribution in [0.15, 0.2) is 36.4 Å². The SMILES string of the molecule is COc1ccc(Nc2ccc(C(=O)O)cc2N)cc1F. The number of ether oxygens (including phenoxy) is 1. The van der Waals surface area contributed by atoms with Gasteiger partial charge in [-0.05, 0) is 30.3 Å². The Morgan fingerprint density at radius 3 is 2.60 bits per heavy atom. The number of nitrogens with two attached hydrogens (primary N) is 1. The molecule has 0 aliphatic carbocycles. The summed E-state index contributed by atoms with van der Waals surface area (Å²) in [6.07, 6.45) is 0. The number of nitrogen functional groups attached to an aromatic ring is 1. The quantitative estimate of drug-likeness (QED) is 0.748. The topological polar surface area (TPSA) is 84.6 Å². The molecule has 4 N–H and O–H groups in total. The maximum Gasteiger partial charge on any atom is 0.335 e. The van der Waals surface area contributed by atoms with Crippen LogP contribution in [0.1, 0.15) is 10.4 Å². The van der Waals surface area contributed by atoms with Gasteiger partial charge in [-0.2, -0.15) is 0 Å². The second-order valence-corrected chi connectivity index (χ2v) is 4.08. The normalized spacial score (nSPS) is 10.1. The number of carboxylic acid groups (broad SMARTS) is 1. The first kappa shape index (κ1) is 13.7. The number of carbonyl (C=O) groups is 1. The van der Waals surface area contributed by atoms with E-state index in [1.807, 2.05) is 0 Å². The summed E-state index contributed by atoms with van der Waals surface area (Å²) < 4.78 is 18.4. The second kappa shape index (κ2) is 5.48. The Hall–Kier alpha value is -2.76. The Morgan fingerprint density at radius 1 is 1.30 bits per heavy atom. The van der Waals surface area contributed by atoms with Crippen molar-refractivity contribution in [2.75, 3.05) is 18.2 Å². The van der Waals surface area contributed by atoms with Gasteiger partial charge in [0.2, 0.25) is 0 Å². The number of benzene rings is 2. The van der Waals surface area contributed by atoms with Gasteiger partial charge in [0.25, 0.3) is 0 Å². The zero-order valence-corrected chi connectivity index (χ0v) is 10.7. The molecular formula is C14H13FN2O3. The van der Waals surface area contributed by atoms with Crippen molar-refractivity contribution in [1.82, 2.24) is 0 Å². The molecule has 20 heavy (non-hydrogen) atoms. The summed E-state index contributed by atoms with van der Waals surface area (Å²) in [5, 5.41) is 11.8. The summed E-state index contributed by atoms with van der Waals surface area (Å²) in [6, 6.07) is 8.67. The lowest BCUT2D eigenvalue weighted by molar-refractivity contribution is 0.0697. The first-order valence-electron chi connectivity index (χ1n) is 5.74. The summed E-state index contributed by atoms with van der Waals surface area (Å²) in [4.78, 5) is 10.8. The van der Waals surface area contributed by atoms with Gasteiger partial charge in [0.15, 0.2) is 11.6 Å². The molecule has 0 amide bonds. The molecule has 0 aliphatic heterocycles. The summed E-state index contributed by atoms with van der Waals surface area (Å²) in [5.41, 5.74) is 7.10. The van der Waals surface area contributed by atoms with Crippen LogP contribution in [0.4, 0.5) is 21.5 Å². The van der Waals surface area contributed by atoms with Gasteiger partial charge in [0.1, 0.15) is 0 Å². The zero-order valence-electron chi connectivity index (χ0n) is 10.7. The Bertz CT molecular complexity index is 659. The molecule has 2 aromatic rings. The number of hydrogen-bond donors (Lipinski definition) is 3. The van der Waals surface area contributed by atoms with E-state index in [9.17, 15) is 9.18 Å². The lowest BCUT2D eigenvalue weighted by Crippen LogP contribution is -2.01. The monoisotopic (exact) mass is 276 g/mol. The molecule has 0 heterocycles. The van der Waals surface area contributed by atoms with Crippen molar-refractivity contribution < 1.29 is 19.0 Å². The Morgan fingerprint density at radius 2 is 2.05 bits per heavy atom. The molecule has 5 nitrogen and oxygen atoms in total. The molecule has 6 heteroatoms. The summed E-state index contributed by atoms with van der Waals surface area (Å²) >= 11 is 0. The van der Waals surface area contributed by atoms with Crippen molar-refractivity contribution in [1.29, 1.82) is 0 Å². The van der Waals surface area contributed by atoms with Crippen molar-refractivity contribution in [3.05, 3.63) is 47.8 Å². The van der Waals surface area contributed by atoms with E-state index in [0.717, 1.165) is 0 Å². The van der Waals surface area contributed by atoms with Crippen LogP contribution in [0.2, 0.25) is 0 Å². The lowest BCUT2D eigenvalue weighted by Gasteiger charge is -2.11. The molecule has 0 fully saturated rings. The smallest absolute Gasteiger partial charge is 0.335 e. The predicted molar refractivity (Wildman–Crippen MR) is 74.0 cm³/mol. The van der Waals surface area contributed by atoms with Crippen LogP contribution in [0.3, 0.4) is 0 Å². The highest BCUT2D eigenvalue weighted by atomic mass is 19.1. The molecule has 0 radical (unpaired) electrons. The highest BCUT2D eigenvalue weighted by molar-refractivity contribution is 5.90.